The van der Waals surface area contributed by atoms with Crippen molar-refractivity contribution in [2.24, 2.45) is 0 Å². The molecule has 0 spiro atoms. The fourth-order valence-corrected chi connectivity index (χ4v) is 3.18. The molecule has 0 saturated carbocycles. The van der Waals surface area contributed by atoms with Gasteiger partial charge in [0.15, 0.2) is 0 Å². The maximum Gasteiger partial charge on any atom is 0.241 e. The molecule has 0 aromatic heterocycles. The van der Waals surface area contributed by atoms with Gasteiger partial charge in [0, 0.05) is 31.9 Å². The zero-order chi connectivity index (χ0) is 18.5. The number of piperazine rings is 1. The van der Waals surface area contributed by atoms with Gasteiger partial charge in [0.1, 0.15) is 11.5 Å². The van der Waals surface area contributed by atoms with E-state index in [2.05, 4.69) is 15.1 Å². The second-order valence-corrected chi connectivity index (χ2v) is 6.40. The number of para-hydroxylation sites is 2. The van der Waals surface area contributed by atoms with Gasteiger partial charge in [0.2, 0.25) is 5.91 Å². The van der Waals surface area contributed by atoms with E-state index in [0.29, 0.717) is 11.4 Å². The van der Waals surface area contributed by atoms with Crippen molar-refractivity contribution < 1.29 is 14.6 Å². The predicted octanol–water partition coefficient (Wildman–Crippen LogP) is 2.55. The second kappa shape index (κ2) is 8.10. The summed E-state index contributed by atoms with van der Waals surface area (Å²) >= 11 is 0. The molecule has 1 heterocycles. The Morgan fingerprint density at radius 2 is 1.73 bits per heavy atom. The van der Waals surface area contributed by atoms with Gasteiger partial charge < -0.3 is 20.1 Å². The molecule has 0 bridgehead atoms. The Hall–Kier alpha value is -2.73. The molecule has 0 radical (unpaired) electrons. The van der Waals surface area contributed by atoms with Crippen molar-refractivity contribution in [1.82, 2.24) is 4.90 Å². The predicted molar refractivity (Wildman–Crippen MR) is 103 cm³/mol. The number of nitrogens with one attached hydrogen (secondary N) is 1. The molecule has 1 aliphatic heterocycles. The van der Waals surface area contributed by atoms with Crippen molar-refractivity contribution in [2.75, 3.05) is 43.5 Å². The summed E-state index contributed by atoms with van der Waals surface area (Å²) in [4.78, 5) is 17.1. The molecule has 26 heavy (non-hydrogen) atoms. The lowest BCUT2D eigenvalue weighted by atomic mass is 10.2. The highest BCUT2D eigenvalue weighted by Crippen LogP contribution is 2.24. The molecule has 138 valence electrons. The highest BCUT2D eigenvalue weighted by Gasteiger charge is 2.26. The van der Waals surface area contributed by atoms with Crippen LogP contribution in [0.5, 0.6) is 11.5 Å². The van der Waals surface area contributed by atoms with E-state index < -0.39 is 0 Å². The molecular formula is C20H25N3O3. The molecule has 0 aliphatic carbocycles. The fourth-order valence-electron chi connectivity index (χ4n) is 3.18. The van der Waals surface area contributed by atoms with Crippen LogP contribution in [0.25, 0.3) is 0 Å². The van der Waals surface area contributed by atoms with Crippen molar-refractivity contribution in [3.8, 4) is 11.5 Å². The van der Waals surface area contributed by atoms with Gasteiger partial charge in [0.05, 0.1) is 18.8 Å². The number of phenolic OH excluding ortho intramolecular Hbond substituents is 1. The summed E-state index contributed by atoms with van der Waals surface area (Å²) in [6.45, 7) is 5.23. The standard InChI is InChI=1S/C20H25N3O3/c1-15(20(25)21-18-5-3-4-6-19(18)26-2)22-11-13-23(14-12-22)16-7-9-17(24)10-8-16/h3-10,15,24H,11-14H2,1-2H3,(H,21,25)/t15-/m0/s1. The van der Waals surface area contributed by atoms with Gasteiger partial charge in [-0.2, -0.15) is 0 Å². The second-order valence-electron chi connectivity index (χ2n) is 6.40. The number of anilines is 2. The number of carbonyl (C=O) groups excluding carboxylic acids is 1. The third kappa shape index (κ3) is 4.08. The van der Waals surface area contributed by atoms with Crippen molar-refractivity contribution in [1.29, 1.82) is 0 Å². The van der Waals surface area contributed by atoms with Gasteiger partial charge in [0.25, 0.3) is 0 Å². The highest BCUT2D eigenvalue weighted by atomic mass is 16.5. The summed E-state index contributed by atoms with van der Waals surface area (Å²) in [7, 11) is 1.59. The van der Waals surface area contributed by atoms with Gasteiger partial charge in [-0.15, -0.1) is 0 Å². The monoisotopic (exact) mass is 355 g/mol. The van der Waals surface area contributed by atoms with Crippen molar-refractivity contribution in [2.45, 2.75) is 13.0 Å². The van der Waals surface area contributed by atoms with Crippen LogP contribution in [-0.2, 0) is 4.79 Å². The zero-order valence-corrected chi connectivity index (χ0v) is 15.2. The van der Waals surface area contributed by atoms with Crippen LogP contribution in [0.15, 0.2) is 48.5 Å². The molecular weight excluding hydrogens is 330 g/mol. The number of benzene rings is 2. The minimum atomic E-state index is -0.220. The van der Waals surface area contributed by atoms with Crippen molar-refractivity contribution >= 4 is 17.3 Å². The Balaban J connectivity index is 1.56. The van der Waals surface area contributed by atoms with Gasteiger partial charge in [-0.05, 0) is 43.3 Å². The third-order valence-electron chi connectivity index (χ3n) is 4.82. The molecule has 1 amide bonds. The normalized spacial score (nSPS) is 16.2. The molecule has 3 rings (SSSR count). The van der Waals surface area contributed by atoms with Crippen LogP contribution in [0, 0.1) is 0 Å². The average molecular weight is 355 g/mol. The lowest BCUT2D eigenvalue weighted by Gasteiger charge is -2.38. The average Bonchev–Trinajstić information content (AvgIpc) is 2.68. The SMILES string of the molecule is COc1ccccc1NC(=O)[C@H](C)N1CCN(c2ccc(O)cc2)CC1. The van der Waals surface area contributed by atoms with E-state index in [0.717, 1.165) is 31.9 Å². The number of aromatic hydroxyl groups is 1. The van der Waals surface area contributed by atoms with Crippen LogP contribution >= 0.6 is 0 Å². The van der Waals surface area contributed by atoms with Crippen LogP contribution in [0.1, 0.15) is 6.92 Å². The van der Waals surface area contributed by atoms with Crippen LogP contribution in [0.2, 0.25) is 0 Å². The number of methoxy groups -OCH3 is 1. The van der Waals surface area contributed by atoms with Crippen LogP contribution < -0.4 is 15.0 Å². The molecule has 0 unspecified atom stereocenters. The first-order valence-corrected chi connectivity index (χ1v) is 8.80. The van der Waals surface area contributed by atoms with Crippen molar-refractivity contribution in [3.63, 3.8) is 0 Å². The van der Waals surface area contributed by atoms with Crippen molar-refractivity contribution in [3.05, 3.63) is 48.5 Å². The highest BCUT2D eigenvalue weighted by molar-refractivity contribution is 5.95. The Kier molecular flexibility index (Phi) is 5.63. The van der Waals surface area contributed by atoms with E-state index >= 15 is 0 Å². The van der Waals surface area contributed by atoms with E-state index in [9.17, 15) is 9.90 Å². The number of amides is 1. The molecule has 2 aromatic carbocycles. The first-order chi connectivity index (χ1) is 12.6. The molecule has 1 atom stereocenters. The number of ether oxygens (including phenoxy) is 1. The quantitative estimate of drug-likeness (QED) is 0.863. The van der Waals surface area contributed by atoms with E-state index in [1.807, 2.05) is 43.3 Å². The Bertz CT molecular complexity index is 740. The lowest BCUT2D eigenvalue weighted by molar-refractivity contribution is -0.120. The van der Waals surface area contributed by atoms with Gasteiger partial charge in [-0.1, -0.05) is 12.1 Å². The number of carbonyl (C=O) groups is 1. The number of hydrogen-bond donors (Lipinski definition) is 2. The first kappa shape index (κ1) is 18.1. The smallest absolute Gasteiger partial charge is 0.241 e. The summed E-state index contributed by atoms with van der Waals surface area (Å²) in [5.74, 6) is 0.895. The number of nitrogens with zero attached hydrogens (tertiary/aromatic N) is 2. The van der Waals surface area contributed by atoms with E-state index in [1.54, 1.807) is 19.2 Å². The number of hydrogen-bond acceptors (Lipinski definition) is 5. The van der Waals surface area contributed by atoms with E-state index in [4.69, 9.17) is 4.74 Å². The van der Waals surface area contributed by atoms with Crippen LogP contribution in [-0.4, -0.2) is 55.2 Å². The van der Waals surface area contributed by atoms with Gasteiger partial charge >= 0.3 is 0 Å². The van der Waals surface area contributed by atoms with Crippen LogP contribution in [0.3, 0.4) is 0 Å². The summed E-state index contributed by atoms with van der Waals surface area (Å²) in [5, 5.41) is 12.4. The largest absolute Gasteiger partial charge is 0.508 e. The number of phenols is 1. The summed E-state index contributed by atoms with van der Waals surface area (Å²) < 4.78 is 5.29. The Labute approximate surface area is 154 Å². The minimum Gasteiger partial charge on any atom is -0.508 e. The molecule has 6 heteroatoms. The summed E-state index contributed by atoms with van der Waals surface area (Å²) in [6.07, 6.45) is 0. The van der Waals surface area contributed by atoms with Gasteiger partial charge in [-0.3, -0.25) is 9.69 Å². The molecule has 2 N–H and O–H groups in total. The minimum absolute atomic E-state index is 0.0346. The summed E-state index contributed by atoms with van der Waals surface area (Å²) in [5.41, 5.74) is 1.78. The molecule has 2 aromatic rings. The maximum atomic E-state index is 12.6. The van der Waals surface area contributed by atoms with Gasteiger partial charge in [-0.25, -0.2) is 0 Å². The number of rotatable bonds is 5. The topological polar surface area (TPSA) is 65.0 Å². The van der Waals surface area contributed by atoms with E-state index in [-0.39, 0.29) is 17.7 Å². The van der Waals surface area contributed by atoms with E-state index in [1.165, 1.54) is 0 Å². The maximum absolute atomic E-state index is 12.6. The molecule has 1 saturated heterocycles. The Morgan fingerprint density at radius 1 is 1.08 bits per heavy atom. The fraction of sp³-hybridized carbons (Fsp3) is 0.350. The Morgan fingerprint density at radius 3 is 2.38 bits per heavy atom. The molecule has 1 aliphatic rings. The zero-order valence-electron chi connectivity index (χ0n) is 15.2. The first-order valence-electron chi connectivity index (χ1n) is 8.80. The molecule has 1 fully saturated rings. The van der Waals surface area contributed by atoms with Crippen LogP contribution in [0.4, 0.5) is 11.4 Å². The third-order valence-corrected chi connectivity index (χ3v) is 4.82. The molecule has 6 nitrogen and oxygen atoms in total. The lowest BCUT2D eigenvalue weighted by Crippen LogP contribution is -2.52. The summed E-state index contributed by atoms with van der Waals surface area (Å²) in [6, 6.07) is 14.4.